The van der Waals surface area contributed by atoms with Crippen molar-refractivity contribution in [2.24, 2.45) is 5.16 Å². The average molecular weight is 185 g/mol. The van der Waals surface area contributed by atoms with E-state index in [9.17, 15) is 4.79 Å². The van der Waals surface area contributed by atoms with Crippen LogP contribution in [-0.4, -0.2) is 29.8 Å². The van der Waals surface area contributed by atoms with Gasteiger partial charge in [-0.05, 0) is 27.7 Å². The normalized spacial score (nSPS) is 28.1. The molecule has 0 saturated carbocycles. The molecule has 0 aromatic heterocycles. The molecule has 1 saturated heterocycles. The van der Waals surface area contributed by atoms with Gasteiger partial charge in [0, 0.05) is 0 Å². The molecular weight excluding hydrogens is 170 g/mol. The van der Waals surface area contributed by atoms with Crippen LogP contribution in [0.25, 0.3) is 0 Å². The molecule has 0 aromatic rings. The lowest BCUT2D eigenvalue weighted by atomic mass is 9.97. The van der Waals surface area contributed by atoms with Gasteiger partial charge in [-0.15, -0.1) is 0 Å². The van der Waals surface area contributed by atoms with Crippen molar-refractivity contribution in [1.29, 1.82) is 0 Å². The standard InChI is InChI=1S/C9H15NO3/c1-8(2)6(10-12-5)7(11)9(3,4)13-8/h1-5H3/b10-6+. The van der Waals surface area contributed by atoms with Crippen molar-refractivity contribution in [2.45, 2.75) is 38.9 Å². The van der Waals surface area contributed by atoms with E-state index >= 15 is 0 Å². The first kappa shape index (κ1) is 10.2. The topological polar surface area (TPSA) is 47.9 Å². The van der Waals surface area contributed by atoms with Crippen LogP contribution in [0.15, 0.2) is 5.16 Å². The summed E-state index contributed by atoms with van der Waals surface area (Å²) in [6.45, 7) is 7.07. The summed E-state index contributed by atoms with van der Waals surface area (Å²) in [6, 6.07) is 0. The third kappa shape index (κ3) is 1.58. The van der Waals surface area contributed by atoms with Crippen LogP contribution in [0.2, 0.25) is 0 Å². The second-order valence-corrected chi connectivity index (χ2v) is 4.07. The number of ether oxygens (including phenoxy) is 1. The number of hydrogen-bond donors (Lipinski definition) is 0. The third-order valence-corrected chi connectivity index (χ3v) is 2.03. The molecule has 4 heteroatoms. The van der Waals surface area contributed by atoms with Crippen LogP contribution in [0.5, 0.6) is 0 Å². The minimum atomic E-state index is -0.791. The lowest BCUT2D eigenvalue weighted by Crippen LogP contribution is -2.30. The summed E-state index contributed by atoms with van der Waals surface area (Å²) in [4.78, 5) is 16.3. The van der Waals surface area contributed by atoms with E-state index in [1.54, 1.807) is 27.7 Å². The van der Waals surface area contributed by atoms with Gasteiger partial charge in [0.1, 0.15) is 18.3 Å². The molecule has 1 rings (SSSR count). The number of carbonyl (C=O) groups is 1. The molecule has 0 amide bonds. The van der Waals surface area contributed by atoms with E-state index in [0.29, 0.717) is 5.71 Å². The number of rotatable bonds is 1. The summed E-state index contributed by atoms with van der Waals surface area (Å²) in [5, 5.41) is 3.70. The van der Waals surface area contributed by atoms with Crippen LogP contribution in [0.1, 0.15) is 27.7 Å². The summed E-state index contributed by atoms with van der Waals surface area (Å²) in [5.41, 5.74) is -1.10. The first-order valence-corrected chi connectivity index (χ1v) is 4.18. The highest BCUT2D eigenvalue weighted by molar-refractivity contribution is 6.46. The first-order valence-electron chi connectivity index (χ1n) is 4.18. The van der Waals surface area contributed by atoms with Crippen LogP contribution in [0.4, 0.5) is 0 Å². The highest BCUT2D eigenvalue weighted by Crippen LogP contribution is 2.32. The molecule has 0 spiro atoms. The monoisotopic (exact) mass is 185 g/mol. The van der Waals surface area contributed by atoms with E-state index in [1.165, 1.54) is 7.11 Å². The first-order chi connectivity index (χ1) is 5.81. The molecule has 0 bridgehead atoms. The van der Waals surface area contributed by atoms with Gasteiger partial charge in [-0.25, -0.2) is 0 Å². The molecule has 0 radical (unpaired) electrons. The molecule has 1 aliphatic heterocycles. The number of carbonyl (C=O) groups excluding carboxylic acids is 1. The largest absolute Gasteiger partial charge is 0.399 e. The zero-order chi connectivity index (χ0) is 10.3. The fraction of sp³-hybridized carbons (Fsp3) is 0.778. The molecule has 0 aliphatic carbocycles. The molecule has 74 valence electrons. The Morgan fingerprint density at radius 2 is 1.77 bits per heavy atom. The summed E-state index contributed by atoms with van der Waals surface area (Å²) in [6.07, 6.45) is 0. The second kappa shape index (κ2) is 2.80. The van der Waals surface area contributed by atoms with Gasteiger partial charge in [-0.2, -0.15) is 0 Å². The molecule has 13 heavy (non-hydrogen) atoms. The Hall–Kier alpha value is -0.900. The van der Waals surface area contributed by atoms with E-state index in [1.807, 2.05) is 0 Å². The van der Waals surface area contributed by atoms with Crippen LogP contribution < -0.4 is 0 Å². The lowest BCUT2D eigenvalue weighted by molar-refractivity contribution is -0.131. The highest BCUT2D eigenvalue weighted by atomic mass is 16.6. The molecule has 0 N–H and O–H groups in total. The highest BCUT2D eigenvalue weighted by Gasteiger charge is 2.51. The van der Waals surface area contributed by atoms with Crippen LogP contribution in [-0.2, 0) is 14.4 Å². The van der Waals surface area contributed by atoms with Crippen molar-refractivity contribution < 1.29 is 14.4 Å². The number of oxime groups is 1. The lowest BCUT2D eigenvalue weighted by Gasteiger charge is -2.20. The minimum absolute atomic E-state index is 0.112. The summed E-state index contributed by atoms with van der Waals surface area (Å²) < 4.78 is 5.55. The van der Waals surface area contributed by atoms with Crippen LogP contribution in [0.3, 0.4) is 0 Å². The Bertz CT molecular complexity index is 266. The van der Waals surface area contributed by atoms with Gasteiger partial charge in [-0.1, -0.05) is 5.16 Å². The minimum Gasteiger partial charge on any atom is -0.399 e. The van der Waals surface area contributed by atoms with Crippen molar-refractivity contribution in [3.05, 3.63) is 0 Å². The molecule has 0 unspecified atom stereocenters. The van der Waals surface area contributed by atoms with Crippen molar-refractivity contribution in [2.75, 3.05) is 7.11 Å². The van der Waals surface area contributed by atoms with Gasteiger partial charge >= 0.3 is 0 Å². The predicted molar refractivity (Wildman–Crippen MR) is 48.7 cm³/mol. The SMILES string of the molecule is CO/N=C1\C(=O)C(C)(C)OC1(C)C. The van der Waals surface area contributed by atoms with Crippen molar-refractivity contribution >= 4 is 11.5 Å². The predicted octanol–water partition coefficient (Wildman–Crippen LogP) is 1.15. The average Bonchev–Trinajstić information content (AvgIpc) is 2.09. The van der Waals surface area contributed by atoms with Crippen molar-refractivity contribution in [1.82, 2.24) is 0 Å². The zero-order valence-corrected chi connectivity index (χ0v) is 8.67. The van der Waals surface area contributed by atoms with E-state index in [-0.39, 0.29) is 5.78 Å². The third-order valence-electron chi connectivity index (χ3n) is 2.03. The fourth-order valence-corrected chi connectivity index (χ4v) is 1.53. The van der Waals surface area contributed by atoms with Gasteiger partial charge in [0.2, 0.25) is 5.78 Å². The molecule has 1 fully saturated rings. The van der Waals surface area contributed by atoms with E-state index in [4.69, 9.17) is 4.74 Å². The second-order valence-electron chi connectivity index (χ2n) is 4.07. The number of Topliss-reactive ketones (excluding diaryl/α,β-unsaturated/α-hetero) is 1. The Morgan fingerprint density at radius 1 is 1.23 bits per heavy atom. The van der Waals surface area contributed by atoms with E-state index in [0.717, 1.165) is 0 Å². The number of nitrogens with zero attached hydrogens (tertiary/aromatic N) is 1. The van der Waals surface area contributed by atoms with E-state index < -0.39 is 11.2 Å². The fourth-order valence-electron chi connectivity index (χ4n) is 1.53. The summed E-state index contributed by atoms with van der Waals surface area (Å²) in [7, 11) is 1.42. The molecule has 1 heterocycles. The molecule has 0 aromatic carbocycles. The Morgan fingerprint density at radius 3 is 2.08 bits per heavy atom. The molecule has 0 atom stereocenters. The maximum absolute atomic E-state index is 11.7. The number of hydrogen-bond acceptors (Lipinski definition) is 4. The summed E-state index contributed by atoms with van der Waals surface area (Å²) in [5.74, 6) is -0.112. The van der Waals surface area contributed by atoms with Crippen molar-refractivity contribution in [3.8, 4) is 0 Å². The Balaban J connectivity index is 3.10. The Kier molecular flexibility index (Phi) is 2.20. The maximum atomic E-state index is 11.7. The van der Waals surface area contributed by atoms with Gasteiger partial charge in [0.15, 0.2) is 5.71 Å². The van der Waals surface area contributed by atoms with E-state index in [2.05, 4.69) is 9.99 Å². The maximum Gasteiger partial charge on any atom is 0.214 e. The van der Waals surface area contributed by atoms with Crippen LogP contribution in [0, 0.1) is 0 Å². The molecule has 4 nitrogen and oxygen atoms in total. The zero-order valence-electron chi connectivity index (χ0n) is 8.67. The quantitative estimate of drug-likeness (QED) is 0.576. The smallest absolute Gasteiger partial charge is 0.214 e. The summed E-state index contributed by atoms with van der Waals surface area (Å²) >= 11 is 0. The van der Waals surface area contributed by atoms with Crippen LogP contribution >= 0.6 is 0 Å². The van der Waals surface area contributed by atoms with Gasteiger partial charge in [0.05, 0.1) is 0 Å². The number of ketones is 1. The van der Waals surface area contributed by atoms with Gasteiger partial charge in [0.25, 0.3) is 0 Å². The molecule has 1 aliphatic rings. The van der Waals surface area contributed by atoms with Gasteiger partial charge in [-0.3, -0.25) is 4.79 Å². The van der Waals surface area contributed by atoms with Crippen molar-refractivity contribution in [3.63, 3.8) is 0 Å². The Labute approximate surface area is 77.9 Å². The molecular formula is C9H15NO3. The van der Waals surface area contributed by atoms with Gasteiger partial charge < -0.3 is 9.57 Å².